The molecule has 0 radical (unpaired) electrons. The van der Waals surface area contributed by atoms with Crippen molar-refractivity contribution in [2.24, 2.45) is 17.8 Å². The summed E-state index contributed by atoms with van der Waals surface area (Å²) in [7, 11) is 0. The predicted molar refractivity (Wildman–Crippen MR) is 60.1 cm³/mol. The van der Waals surface area contributed by atoms with Gasteiger partial charge < -0.3 is 0 Å². The van der Waals surface area contributed by atoms with Crippen molar-refractivity contribution in [3.63, 3.8) is 0 Å². The van der Waals surface area contributed by atoms with Crippen LogP contribution in [-0.4, -0.2) is 5.78 Å². The first-order chi connectivity index (χ1) is 6.65. The first-order valence-electron chi connectivity index (χ1n) is 5.85. The van der Waals surface area contributed by atoms with E-state index in [1.165, 1.54) is 6.42 Å². The van der Waals surface area contributed by atoms with Crippen LogP contribution in [0.5, 0.6) is 0 Å². The van der Waals surface area contributed by atoms with Crippen molar-refractivity contribution in [3.8, 4) is 0 Å². The van der Waals surface area contributed by atoms with Crippen molar-refractivity contribution in [3.05, 3.63) is 12.2 Å². The fourth-order valence-electron chi connectivity index (χ4n) is 2.18. The Labute approximate surface area is 87.6 Å². The molecule has 0 N–H and O–H groups in total. The summed E-state index contributed by atoms with van der Waals surface area (Å²) in [5.41, 5.74) is 0. The summed E-state index contributed by atoms with van der Waals surface area (Å²) in [6.45, 7) is 6.64. The van der Waals surface area contributed by atoms with Gasteiger partial charge in [0.1, 0.15) is 0 Å². The number of carbonyl (C=O) groups excluding carboxylic acids is 1. The smallest absolute Gasteiger partial charge is 0.158 e. The van der Waals surface area contributed by atoms with Gasteiger partial charge in [-0.15, -0.1) is 0 Å². The monoisotopic (exact) mass is 194 g/mol. The molecule has 80 valence electrons. The minimum Gasteiger partial charge on any atom is -0.295 e. The Morgan fingerprint density at radius 1 is 1.29 bits per heavy atom. The maximum Gasteiger partial charge on any atom is 0.158 e. The van der Waals surface area contributed by atoms with Crippen LogP contribution in [0.25, 0.3) is 0 Å². The topological polar surface area (TPSA) is 17.1 Å². The molecule has 3 atom stereocenters. The molecule has 0 aromatic heterocycles. The third-order valence-corrected chi connectivity index (χ3v) is 3.52. The Hall–Kier alpha value is -0.590. The average Bonchev–Trinajstić information content (AvgIpc) is 2.18. The lowest BCUT2D eigenvalue weighted by molar-refractivity contribution is -0.119. The van der Waals surface area contributed by atoms with Crippen LogP contribution in [-0.2, 0) is 4.79 Å². The van der Waals surface area contributed by atoms with Crippen LogP contribution in [0, 0.1) is 17.8 Å². The lowest BCUT2D eigenvalue weighted by atomic mass is 9.74. The van der Waals surface area contributed by atoms with Gasteiger partial charge >= 0.3 is 0 Å². The lowest BCUT2D eigenvalue weighted by Gasteiger charge is -2.30. The molecule has 3 unspecified atom stereocenters. The van der Waals surface area contributed by atoms with Crippen molar-refractivity contribution in [2.75, 3.05) is 0 Å². The van der Waals surface area contributed by atoms with Gasteiger partial charge in [-0.3, -0.25) is 4.79 Å². The van der Waals surface area contributed by atoms with Gasteiger partial charge in [0, 0.05) is 5.92 Å². The van der Waals surface area contributed by atoms with Crippen LogP contribution in [0.4, 0.5) is 0 Å². The summed E-state index contributed by atoms with van der Waals surface area (Å²) < 4.78 is 0. The lowest BCUT2D eigenvalue weighted by Crippen LogP contribution is -2.25. The summed E-state index contributed by atoms with van der Waals surface area (Å²) in [6, 6.07) is 0. The van der Waals surface area contributed by atoms with Crippen molar-refractivity contribution in [2.45, 2.75) is 46.5 Å². The molecule has 0 saturated heterocycles. The fraction of sp³-hybridized carbons (Fsp3) is 0.769. The summed E-state index contributed by atoms with van der Waals surface area (Å²) in [5.74, 6) is 2.18. The summed E-state index contributed by atoms with van der Waals surface area (Å²) >= 11 is 0. The van der Waals surface area contributed by atoms with Gasteiger partial charge in [0.05, 0.1) is 0 Å². The highest BCUT2D eigenvalue weighted by Gasteiger charge is 2.27. The van der Waals surface area contributed by atoms with E-state index in [2.05, 4.69) is 20.8 Å². The molecule has 1 fully saturated rings. The number of rotatable bonds is 3. The molecule has 0 aromatic rings. The number of carbonyl (C=O) groups is 1. The van der Waals surface area contributed by atoms with Gasteiger partial charge in [-0.05, 0) is 43.6 Å². The molecule has 1 saturated carbocycles. The maximum absolute atomic E-state index is 11.7. The zero-order valence-electron chi connectivity index (χ0n) is 9.62. The van der Waals surface area contributed by atoms with Crippen LogP contribution in [0.3, 0.4) is 0 Å². The molecular weight excluding hydrogens is 172 g/mol. The quantitative estimate of drug-likeness (QED) is 0.627. The largest absolute Gasteiger partial charge is 0.295 e. The van der Waals surface area contributed by atoms with E-state index in [0.717, 1.165) is 25.2 Å². The number of allylic oxidation sites excluding steroid dienone is 2. The molecule has 1 nitrogen and oxygen atoms in total. The van der Waals surface area contributed by atoms with E-state index in [9.17, 15) is 4.79 Å². The van der Waals surface area contributed by atoms with Crippen LogP contribution in [0.15, 0.2) is 12.2 Å². The van der Waals surface area contributed by atoms with Gasteiger partial charge in [-0.25, -0.2) is 0 Å². The van der Waals surface area contributed by atoms with Gasteiger partial charge in [-0.2, -0.15) is 0 Å². The highest BCUT2D eigenvalue weighted by atomic mass is 16.1. The van der Waals surface area contributed by atoms with Gasteiger partial charge in [-0.1, -0.05) is 26.8 Å². The molecular formula is C13H22O. The van der Waals surface area contributed by atoms with E-state index in [-0.39, 0.29) is 0 Å². The van der Waals surface area contributed by atoms with Crippen molar-refractivity contribution in [1.82, 2.24) is 0 Å². The normalized spacial score (nSPS) is 33.5. The van der Waals surface area contributed by atoms with Crippen LogP contribution in [0.2, 0.25) is 0 Å². The number of ketones is 1. The predicted octanol–water partition coefficient (Wildman–Crippen LogP) is 3.59. The average molecular weight is 194 g/mol. The second-order valence-electron chi connectivity index (χ2n) is 4.68. The second kappa shape index (κ2) is 5.33. The molecule has 1 aliphatic rings. The molecule has 1 rings (SSSR count). The van der Waals surface area contributed by atoms with E-state index in [0.29, 0.717) is 17.6 Å². The number of hydrogen-bond acceptors (Lipinski definition) is 1. The Bertz CT molecular complexity index is 217. The van der Waals surface area contributed by atoms with E-state index in [1.807, 2.05) is 6.08 Å². The second-order valence-corrected chi connectivity index (χ2v) is 4.68. The first-order valence-corrected chi connectivity index (χ1v) is 5.85. The van der Waals surface area contributed by atoms with E-state index in [4.69, 9.17) is 0 Å². The van der Waals surface area contributed by atoms with Gasteiger partial charge in [0.25, 0.3) is 0 Å². The van der Waals surface area contributed by atoms with E-state index < -0.39 is 0 Å². The zero-order valence-corrected chi connectivity index (χ0v) is 9.62. The van der Waals surface area contributed by atoms with Crippen molar-refractivity contribution >= 4 is 5.78 Å². The third kappa shape index (κ3) is 2.97. The Kier molecular flexibility index (Phi) is 4.37. The summed E-state index contributed by atoms with van der Waals surface area (Å²) in [5, 5.41) is 0. The molecule has 0 spiro atoms. The molecule has 0 amide bonds. The van der Waals surface area contributed by atoms with E-state index in [1.54, 1.807) is 6.08 Å². The molecule has 0 aliphatic heterocycles. The Morgan fingerprint density at radius 2 is 2.00 bits per heavy atom. The van der Waals surface area contributed by atoms with Crippen LogP contribution < -0.4 is 0 Å². The Morgan fingerprint density at radius 3 is 2.57 bits per heavy atom. The highest BCUT2D eigenvalue weighted by molar-refractivity contribution is 5.91. The first kappa shape index (κ1) is 11.5. The fourth-order valence-corrected chi connectivity index (χ4v) is 2.18. The molecule has 0 bridgehead atoms. The summed E-state index contributed by atoms with van der Waals surface area (Å²) in [4.78, 5) is 11.7. The van der Waals surface area contributed by atoms with Crippen LogP contribution >= 0.6 is 0 Å². The molecule has 0 aromatic carbocycles. The third-order valence-electron chi connectivity index (χ3n) is 3.52. The molecule has 1 aliphatic carbocycles. The number of hydrogen-bond donors (Lipinski definition) is 0. The van der Waals surface area contributed by atoms with Crippen LogP contribution in [0.1, 0.15) is 46.5 Å². The van der Waals surface area contributed by atoms with Gasteiger partial charge in [0.2, 0.25) is 0 Å². The Balaban J connectivity index is 2.46. The zero-order chi connectivity index (χ0) is 10.6. The summed E-state index contributed by atoms with van der Waals surface area (Å²) in [6.07, 6.45) is 8.13. The SMILES string of the molecule is CC/C=C/C(=O)C1CCC(C)C(C)C1. The van der Waals surface area contributed by atoms with Gasteiger partial charge in [0.15, 0.2) is 5.78 Å². The molecule has 14 heavy (non-hydrogen) atoms. The highest BCUT2D eigenvalue weighted by Crippen LogP contribution is 2.33. The van der Waals surface area contributed by atoms with Crippen molar-refractivity contribution in [1.29, 1.82) is 0 Å². The molecule has 1 heteroatoms. The van der Waals surface area contributed by atoms with E-state index >= 15 is 0 Å². The minimum absolute atomic E-state index is 0.309. The maximum atomic E-state index is 11.7. The standard InChI is InChI=1S/C13H22O/c1-4-5-6-13(14)12-8-7-10(2)11(3)9-12/h5-6,10-12H,4,7-9H2,1-3H3/b6-5+. The minimum atomic E-state index is 0.309. The molecule has 0 heterocycles. The van der Waals surface area contributed by atoms with Crippen molar-refractivity contribution < 1.29 is 4.79 Å².